The van der Waals surface area contributed by atoms with Gasteiger partial charge in [0.15, 0.2) is 0 Å². The second-order valence-electron chi connectivity index (χ2n) is 7.79. The van der Waals surface area contributed by atoms with Crippen LogP contribution in [0.25, 0.3) is 0 Å². The summed E-state index contributed by atoms with van der Waals surface area (Å²) < 4.78 is 32.7. The van der Waals surface area contributed by atoms with Crippen molar-refractivity contribution >= 4 is 34.7 Å². The molecule has 1 saturated carbocycles. The number of benzene rings is 1. The van der Waals surface area contributed by atoms with Gasteiger partial charge in [-0.2, -0.15) is 0 Å². The molecule has 0 spiro atoms. The van der Waals surface area contributed by atoms with Gasteiger partial charge in [-0.05, 0) is 31.0 Å². The van der Waals surface area contributed by atoms with Crippen LogP contribution in [0.4, 0.5) is 25.0 Å². The molecule has 9 heteroatoms. The van der Waals surface area contributed by atoms with Crippen LogP contribution in [0.2, 0.25) is 0 Å². The minimum atomic E-state index is -0.471. The van der Waals surface area contributed by atoms with Crippen molar-refractivity contribution in [3.8, 4) is 0 Å². The normalized spacial score (nSPS) is 22.7. The lowest BCUT2D eigenvalue weighted by Gasteiger charge is -2.35. The van der Waals surface area contributed by atoms with Crippen molar-refractivity contribution in [1.82, 2.24) is 10.2 Å². The second kappa shape index (κ2) is 8.79. The van der Waals surface area contributed by atoms with Gasteiger partial charge < -0.3 is 15.0 Å². The molecule has 0 bridgehead atoms. The number of carbonyl (C=O) groups is 1. The molecule has 3 aliphatic rings. The van der Waals surface area contributed by atoms with E-state index in [1.807, 2.05) is 9.80 Å². The molecular weight excluding hydrogens is 398 g/mol. The zero-order valence-corrected chi connectivity index (χ0v) is 17.1. The van der Waals surface area contributed by atoms with Crippen molar-refractivity contribution in [2.24, 2.45) is 5.92 Å². The molecule has 158 valence electrons. The summed E-state index contributed by atoms with van der Waals surface area (Å²) in [5.41, 5.74) is 0.994. The lowest BCUT2D eigenvalue weighted by Crippen LogP contribution is -2.47. The maximum absolute atomic E-state index is 14.8. The topological polar surface area (TPSA) is 48.1 Å². The number of amides is 1. The van der Waals surface area contributed by atoms with Gasteiger partial charge in [-0.25, -0.2) is 13.6 Å². The Bertz CT molecular complexity index is 769. The SMILES string of the molecule is O=C1OC(CNC(=S)C2CC2)CN1c1ccc(N2CCN(CCF)CC2)c(F)c1. The highest BCUT2D eigenvalue weighted by atomic mass is 32.1. The third-order valence-corrected chi connectivity index (χ3v) is 6.16. The zero-order chi connectivity index (χ0) is 20.4. The molecule has 0 aromatic heterocycles. The van der Waals surface area contributed by atoms with Crippen LogP contribution in [0.15, 0.2) is 18.2 Å². The average molecular weight is 425 g/mol. The van der Waals surface area contributed by atoms with Crippen molar-refractivity contribution in [3.63, 3.8) is 0 Å². The second-order valence-corrected chi connectivity index (χ2v) is 8.23. The number of piperazine rings is 1. The number of hydrogen-bond donors (Lipinski definition) is 1. The van der Waals surface area contributed by atoms with Crippen molar-refractivity contribution in [1.29, 1.82) is 0 Å². The summed E-state index contributed by atoms with van der Waals surface area (Å²) in [6.45, 7) is 3.61. The Kier molecular flexibility index (Phi) is 6.15. The Morgan fingerprint density at radius 2 is 2.00 bits per heavy atom. The highest BCUT2D eigenvalue weighted by Crippen LogP contribution is 2.30. The molecule has 6 nitrogen and oxygen atoms in total. The summed E-state index contributed by atoms with van der Waals surface area (Å²) in [7, 11) is 0. The van der Waals surface area contributed by atoms with Crippen molar-refractivity contribution in [2.45, 2.75) is 18.9 Å². The Balaban J connectivity index is 1.35. The smallest absolute Gasteiger partial charge is 0.414 e. The molecule has 4 rings (SSSR count). The molecule has 1 atom stereocenters. The number of ether oxygens (including phenoxy) is 1. The summed E-state index contributed by atoms with van der Waals surface area (Å²) in [5, 5.41) is 3.17. The summed E-state index contributed by atoms with van der Waals surface area (Å²) in [4.78, 5) is 18.5. The number of halogens is 2. The van der Waals surface area contributed by atoms with E-state index in [4.69, 9.17) is 17.0 Å². The van der Waals surface area contributed by atoms with E-state index < -0.39 is 6.09 Å². The summed E-state index contributed by atoms with van der Waals surface area (Å²) in [5.74, 6) is 0.101. The zero-order valence-electron chi connectivity index (χ0n) is 16.3. The first-order valence-corrected chi connectivity index (χ1v) is 10.5. The fourth-order valence-corrected chi connectivity index (χ4v) is 4.11. The van der Waals surface area contributed by atoms with Gasteiger partial charge in [0.25, 0.3) is 0 Å². The molecular formula is C20H26F2N4O2S. The van der Waals surface area contributed by atoms with E-state index in [9.17, 15) is 13.6 Å². The highest BCUT2D eigenvalue weighted by Gasteiger charge is 2.34. The molecule has 3 fully saturated rings. The molecule has 1 N–H and O–H groups in total. The first-order chi connectivity index (χ1) is 14.0. The van der Waals surface area contributed by atoms with Gasteiger partial charge in [-0.3, -0.25) is 9.80 Å². The van der Waals surface area contributed by atoms with E-state index in [1.165, 1.54) is 11.0 Å². The number of carbonyl (C=O) groups excluding carboxylic acids is 1. The number of rotatable bonds is 7. The van der Waals surface area contributed by atoms with Crippen LogP contribution >= 0.6 is 12.2 Å². The van der Waals surface area contributed by atoms with E-state index >= 15 is 0 Å². The molecule has 1 amide bonds. The first kappa shape index (κ1) is 20.3. The van der Waals surface area contributed by atoms with E-state index in [0.717, 1.165) is 17.8 Å². The van der Waals surface area contributed by atoms with Crippen molar-refractivity contribution in [3.05, 3.63) is 24.0 Å². The Hall–Kier alpha value is -2.00. The number of hydrogen-bond acceptors (Lipinski definition) is 5. The standard InChI is InChI=1S/C20H26F2N4O2S/c21-5-6-24-7-9-25(10-8-24)18-4-3-15(11-17(18)22)26-13-16(28-20(26)27)12-23-19(29)14-1-2-14/h3-4,11,14,16H,1-2,5-10,12-13H2,(H,23,29). The Labute approximate surface area is 174 Å². The van der Waals surface area contributed by atoms with Gasteiger partial charge in [0.1, 0.15) is 18.6 Å². The van der Waals surface area contributed by atoms with Crippen LogP contribution in [0, 0.1) is 11.7 Å². The van der Waals surface area contributed by atoms with Crippen LogP contribution in [0.1, 0.15) is 12.8 Å². The highest BCUT2D eigenvalue weighted by molar-refractivity contribution is 7.80. The van der Waals surface area contributed by atoms with Gasteiger partial charge in [0.05, 0.1) is 29.5 Å². The van der Waals surface area contributed by atoms with Crippen LogP contribution in [0.5, 0.6) is 0 Å². The fourth-order valence-electron chi connectivity index (χ4n) is 3.80. The largest absolute Gasteiger partial charge is 0.442 e. The molecule has 1 aliphatic carbocycles. The summed E-state index contributed by atoms with van der Waals surface area (Å²) >= 11 is 5.30. The van der Waals surface area contributed by atoms with Crippen molar-refractivity contribution in [2.75, 3.05) is 62.3 Å². The van der Waals surface area contributed by atoms with E-state index in [-0.39, 0.29) is 18.6 Å². The maximum atomic E-state index is 14.8. The van der Waals surface area contributed by atoms with Crippen LogP contribution in [0.3, 0.4) is 0 Å². The molecule has 0 radical (unpaired) electrons. The fraction of sp³-hybridized carbons (Fsp3) is 0.600. The molecule has 29 heavy (non-hydrogen) atoms. The van der Waals surface area contributed by atoms with Gasteiger partial charge in [0.2, 0.25) is 0 Å². The first-order valence-electron chi connectivity index (χ1n) is 10.1. The molecule has 2 aliphatic heterocycles. The van der Waals surface area contributed by atoms with Crippen LogP contribution in [-0.2, 0) is 4.74 Å². The number of nitrogens with zero attached hydrogens (tertiary/aromatic N) is 3. The molecule has 2 saturated heterocycles. The van der Waals surface area contributed by atoms with Crippen LogP contribution < -0.4 is 15.1 Å². The number of anilines is 2. The number of alkyl halides is 1. The predicted molar refractivity (Wildman–Crippen MR) is 112 cm³/mol. The van der Waals surface area contributed by atoms with Gasteiger partial charge >= 0.3 is 6.09 Å². The predicted octanol–water partition coefficient (Wildman–Crippen LogP) is 2.57. The maximum Gasteiger partial charge on any atom is 0.414 e. The minimum absolute atomic E-state index is 0.314. The van der Waals surface area contributed by atoms with Gasteiger partial charge in [-0.15, -0.1) is 0 Å². The molecule has 2 heterocycles. The third-order valence-electron chi connectivity index (χ3n) is 5.68. The molecule has 1 aromatic carbocycles. The van der Waals surface area contributed by atoms with E-state index in [1.54, 1.807) is 12.1 Å². The summed E-state index contributed by atoms with van der Waals surface area (Å²) in [6, 6.07) is 4.84. The lowest BCUT2D eigenvalue weighted by atomic mass is 10.2. The minimum Gasteiger partial charge on any atom is -0.442 e. The van der Waals surface area contributed by atoms with E-state index in [0.29, 0.717) is 63.1 Å². The molecule has 1 unspecified atom stereocenters. The van der Waals surface area contributed by atoms with E-state index in [2.05, 4.69) is 5.32 Å². The van der Waals surface area contributed by atoms with Crippen LogP contribution in [-0.4, -0.2) is 74.6 Å². The molecule has 1 aromatic rings. The number of nitrogens with one attached hydrogen (secondary N) is 1. The monoisotopic (exact) mass is 424 g/mol. The quantitative estimate of drug-likeness (QED) is 0.679. The number of thiocarbonyl (C=S) groups is 1. The number of cyclic esters (lactones) is 1. The van der Waals surface area contributed by atoms with Crippen molar-refractivity contribution < 1.29 is 18.3 Å². The van der Waals surface area contributed by atoms with Gasteiger partial charge in [0, 0.05) is 38.6 Å². The Morgan fingerprint density at radius 3 is 2.66 bits per heavy atom. The third kappa shape index (κ3) is 4.78. The summed E-state index contributed by atoms with van der Waals surface area (Å²) in [6.07, 6.45) is 1.46. The Morgan fingerprint density at radius 1 is 1.24 bits per heavy atom. The lowest BCUT2D eigenvalue weighted by molar-refractivity contribution is 0.143. The average Bonchev–Trinajstić information content (AvgIpc) is 3.50. The van der Waals surface area contributed by atoms with Gasteiger partial charge in [-0.1, -0.05) is 12.2 Å².